The Kier molecular flexibility index (Phi) is 4.39. The summed E-state index contributed by atoms with van der Waals surface area (Å²) in [5.41, 5.74) is 3.85. The largest absolute Gasteiger partial charge is 0.545 e. The molecule has 0 aliphatic heterocycles. The molecule has 1 aliphatic carbocycles. The monoisotopic (exact) mass is 376 g/mol. The van der Waals surface area contributed by atoms with Crippen molar-refractivity contribution in [1.29, 1.82) is 0 Å². The molecule has 0 saturated carbocycles. The number of allylic oxidation sites excluding steroid dienone is 1. The molecule has 0 unspecified atom stereocenters. The van der Waals surface area contributed by atoms with E-state index in [0.717, 1.165) is 28.1 Å². The fourth-order valence-corrected chi connectivity index (χ4v) is 4.60. The molecular formula is C23H22NO2S-. The summed E-state index contributed by atoms with van der Waals surface area (Å²) in [4.78, 5) is 18.2. The number of carbonyl (C=O) groups is 1. The second-order valence-electron chi connectivity index (χ2n) is 8.27. The van der Waals surface area contributed by atoms with Crippen LogP contribution in [-0.2, 0) is 6.42 Å². The van der Waals surface area contributed by atoms with Gasteiger partial charge in [-0.25, -0.2) is 4.98 Å². The van der Waals surface area contributed by atoms with Crippen molar-refractivity contribution in [3.8, 4) is 0 Å². The van der Waals surface area contributed by atoms with Gasteiger partial charge in [0.05, 0.1) is 17.2 Å². The predicted octanol–water partition coefficient (Wildman–Crippen LogP) is 4.81. The Morgan fingerprint density at radius 1 is 1.19 bits per heavy atom. The van der Waals surface area contributed by atoms with E-state index in [0.29, 0.717) is 28.8 Å². The lowest BCUT2D eigenvalue weighted by Gasteiger charge is -2.37. The van der Waals surface area contributed by atoms with E-state index in [4.69, 9.17) is 4.98 Å². The number of carboxylic acid groups (broad SMARTS) is 1. The number of aromatic carboxylic acids is 1. The molecule has 0 N–H and O–H groups in total. The van der Waals surface area contributed by atoms with Crippen molar-refractivity contribution in [2.75, 3.05) is 0 Å². The van der Waals surface area contributed by atoms with E-state index in [1.165, 1.54) is 0 Å². The van der Waals surface area contributed by atoms with E-state index >= 15 is 0 Å². The first-order valence-electron chi connectivity index (χ1n) is 9.22. The number of carboxylic acids is 1. The summed E-state index contributed by atoms with van der Waals surface area (Å²) in [6.07, 6.45) is 3.77. The molecular weight excluding hydrogens is 354 g/mol. The predicted molar refractivity (Wildman–Crippen MR) is 110 cm³/mol. The topological polar surface area (TPSA) is 53.0 Å². The first-order chi connectivity index (χ1) is 12.8. The minimum Gasteiger partial charge on any atom is -0.545 e. The van der Waals surface area contributed by atoms with E-state index in [9.17, 15) is 9.90 Å². The second-order valence-corrected chi connectivity index (χ2v) is 9.25. The van der Waals surface area contributed by atoms with Gasteiger partial charge in [-0.05, 0) is 58.9 Å². The summed E-state index contributed by atoms with van der Waals surface area (Å²) < 4.78 is 0. The van der Waals surface area contributed by atoms with Gasteiger partial charge in [0.1, 0.15) is 0 Å². The Balaban J connectivity index is 2.01. The average molecular weight is 377 g/mol. The molecule has 0 amide bonds. The highest BCUT2D eigenvalue weighted by Crippen LogP contribution is 2.44. The van der Waals surface area contributed by atoms with Crippen molar-refractivity contribution >= 4 is 39.9 Å². The van der Waals surface area contributed by atoms with Crippen LogP contribution < -0.4 is 5.11 Å². The van der Waals surface area contributed by atoms with Crippen LogP contribution in [0.4, 0.5) is 0 Å². The van der Waals surface area contributed by atoms with Crippen molar-refractivity contribution in [2.24, 2.45) is 11.3 Å². The fraction of sp³-hybridized carbons (Fsp3) is 0.304. The van der Waals surface area contributed by atoms with Crippen molar-refractivity contribution in [1.82, 2.24) is 4.98 Å². The fourth-order valence-electron chi connectivity index (χ4n) is 3.91. The summed E-state index contributed by atoms with van der Waals surface area (Å²) >= 11 is 1.68. The van der Waals surface area contributed by atoms with Gasteiger partial charge in [-0.1, -0.05) is 45.0 Å². The van der Waals surface area contributed by atoms with E-state index in [2.05, 4.69) is 38.3 Å². The maximum Gasteiger partial charge on any atom is 0.0725 e. The number of rotatable bonds is 2. The Hall–Kier alpha value is -2.46. The van der Waals surface area contributed by atoms with Crippen molar-refractivity contribution in [3.63, 3.8) is 0 Å². The summed E-state index contributed by atoms with van der Waals surface area (Å²) in [5.74, 6) is -0.771. The molecule has 1 aliphatic rings. The number of carbonyl (C=O) groups excluding carboxylic acids is 1. The van der Waals surface area contributed by atoms with Crippen molar-refractivity contribution in [3.05, 3.63) is 63.5 Å². The standard InChI is InChI=1S/C23H23NO2S/c1-23(2,3)15-11-14(12-16-7-6-10-27-16)21-18(13-15)20(22(25)26)17-8-4-5-9-19(17)24-21/h4-10,12,15H,11,13H2,1-3H3,(H,25,26)/p-1/b14-12-/t15-/m1/s1. The molecule has 3 nitrogen and oxygen atoms in total. The van der Waals surface area contributed by atoms with Gasteiger partial charge in [0.15, 0.2) is 0 Å². The lowest BCUT2D eigenvalue weighted by Crippen LogP contribution is -2.31. The molecule has 3 aromatic rings. The summed E-state index contributed by atoms with van der Waals surface area (Å²) in [6.45, 7) is 6.66. The molecule has 1 atom stereocenters. The van der Waals surface area contributed by atoms with Crippen LogP contribution >= 0.6 is 11.3 Å². The van der Waals surface area contributed by atoms with Crippen LogP contribution in [0.25, 0.3) is 22.6 Å². The van der Waals surface area contributed by atoms with Crippen LogP contribution in [0.1, 0.15) is 53.7 Å². The highest BCUT2D eigenvalue weighted by molar-refractivity contribution is 7.10. The van der Waals surface area contributed by atoms with Gasteiger partial charge in [0, 0.05) is 15.8 Å². The van der Waals surface area contributed by atoms with Gasteiger partial charge in [0.2, 0.25) is 0 Å². The summed E-state index contributed by atoms with van der Waals surface area (Å²) in [5, 5.41) is 14.8. The number of thiophene rings is 1. The quantitative estimate of drug-likeness (QED) is 0.645. The normalized spacial score (nSPS) is 18.6. The molecule has 27 heavy (non-hydrogen) atoms. The van der Waals surface area contributed by atoms with Crippen LogP contribution in [0.15, 0.2) is 41.8 Å². The maximum atomic E-state index is 12.1. The number of para-hydroxylation sites is 1. The summed E-state index contributed by atoms with van der Waals surface area (Å²) in [6, 6.07) is 11.6. The van der Waals surface area contributed by atoms with Crippen LogP contribution in [0.5, 0.6) is 0 Å². The van der Waals surface area contributed by atoms with Crippen molar-refractivity contribution < 1.29 is 9.90 Å². The Labute approximate surface area is 163 Å². The Morgan fingerprint density at radius 3 is 2.63 bits per heavy atom. The van der Waals surface area contributed by atoms with E-state index < -0.39 is 5.97 Å². The number of pyridine rings is 1. The molecule has 0 bridgehead atoms. The second kappa shape index (κ2) is 6.61. The molecule has 0 fully saturated rings. The first kappa shape index (κ1) is 17.9. The number of fused-ring (bicyclic) bond motifs is 2. The van der Waals surface area contributed by atoms with Crippen molar-refractivity contribution in [2.45, 2.75) is 33.6 Å². The third kappa shape index (κ3) is 3.30. The third-order valence-corrected chi connectivity index (χ3v) is 6.32. The number of aromatic nitrogens is 1. The molecule has 138 valence electrons. The zero-order valence-electron chi connectivity index (χ0n) is 15.8. The van der Waals surface area contributed by atoms with Gasteiger partial charge in [-0.15, -0.1) is 11.3 Å². The van der Waals surface area contributed by atoms with E-state index in [1.54, 1.807) is 11.3 Å². The number of hydrogen-bond donors (Lipinski definition) is 0. The van der Waals surface area contributed by atoms with Gasteiger partial charge in [-0.3, -0.25) is 0 Å². The third-order valence-electron chi connectivity index (χ3n) is 5.50. The molecule has 2 aromatic heterocycles. The maximum absolute atomic E-state index is 12.1. The van der Waals surface area contributed by atoms with Gasteiger partial charge < -0.3 is 9.90 Å². The minimum absolute atomic E-state index is 0.0705. The molecule has 4 rings (SSSR count). The number of hydrogen-bond acceptors (Lipinski definition) is 4. The molecule has 1 aromatic carbocycles. The van der Waals surface area contributed by atoms with Crippen LogP contribution in [0, 0.1) is 11.3 Å². The van der Waals surface area contributed by atoms with Gasteiger partial charge >= 0.3 is 0 Å². The molecule has 0 saturated heterocycles. The lowest BCUT2D eigenvalue weighted by atomic mass is 9.69. The summed E-state index contributed by atoms with van der Waals surface area (Å²) in [7, 11) is 0. The van der Waals surface area contributed by atoms with Gasteiger partial charge in [0.25, 0.3) is 0 Å². The van der Waals surface area contributed by atoms with E-state index in [1.807, 2.05) is 30.3 Å². The van der Waals surface area contributed by atoms with Crippen LogP contribution in [0.2, 0.25) is 0 Å². The van der Waals surface area contributed by atoms with Gasteiger partial charge in [-0.2, -0.15) is 0 Å². The minimum atomic E-state index is -1.12. The molecule has 2 heterocycles. The molecule has 0 spiro atoms. The SMILES string of the molecule is CC(C)(C)[C@@H]1C/C(=C/c2cccs2)c2nc3ccccc3c(C(=O)[O-])c2C1. The zero-order chi connectivity index (χ0) is 19.2. The molecule has 4 heteroatoms. The number of nitrogens with zero attached hydrogens (tertiary/aromatic N) is 1. The smallest absolute Gasteiger partial charge is 0.0725 e. The number of benzene rings is 1. The average Bonchev–Trinajstić information content (AvgIpc) is 3.11. The highest BCUT2D eigenvalue weighted by Gasteiger charge is 2.34. The molecule has 0 radical (unpaired) electrons. The first-order valence-corrected chi connectivity index (χ1v) is 10.1. The van der Waals surface area contributed by atoms with Crippen LogP contribution in [-0.4, -0.2) is 11.0 Å². The Morgan fingerprint density at radius 2 is 1.96 bits per heavy atom. The zero-order valence-corrected chi connectivity index (χ0v) is 16.6. The van der Waals surface area contributed by atoms with E-state index in [-0.39, 0.29) is 5.41 Å². The van der Waals surface area contributed by atoms with Crippen LogP contribution in [0.3, 0.4) is 0 Å². The highest BCUT2D eigenvalue weighted by atomic mass is 32.1. The Bertz CT molecular complexity index is 1040. The lowest BCUT2D eigenvalue weighted by molar-refractivity contribution is -0.254.